The third-order valence-electron chi connectivity index (χ3n) is 2.88. The molecule has 1 aliphatic rings. The molecule has 18 heavy (non-hydrogen) atoms. The second-order valence-corrected chi connectivity index (χ2v) is 4.55. The lowest BCUT2D eigenvalue weighted by atomic mass is 10.2. The summed E-state index contributed by atoms with van der Waals surface area (Å²) < 4.78 is 5.28. The normalized spacial score (nSPS) is 18.6. The monoisotopic (exact) mass is 285 g/mol. The van der Waals surface area contributed by atoms with Gasteiger partial charge >= 0.3 is 0 Å². The zero-order valence-corrected chi connectivity index (χ0v) is 11.2. The molecule has 1 aromatic carbocycles. The minimum Gasteiger partial charge on any atom is -0.337 e. The molecule has 6 heteroatoms. The van der Waals surface area contributed by atoms with Crippen molar-refractivity contribution in [2.24, 2.45) is 0 Å². The van der Waals surface area contributed by atoms with Crippen LogP contribution in [0.3, 0.4) is 0 Å². The summed E-state index contributed by atoms with van der Waals surface area (Å²) in [5.41, 5.74) is 0.880. The van der Waals surface area contributed by atoms with Gasteiger partial charge in [-0.3, -0.25) is 0 Å². The number of halogens is 2. The van der Waals surface area contributed by atoms with Gasteiger partial charge in [-0.2, -0.15) is 4.98 Å². The number of aromatic nitrogens is 2. The van der Waals surface area contributed by atoms with Gasteiger partial charge in [0.05, 0.1) is 6.04 Å². The van der Waals surface area contributed by atoms with Crippen LogP contribution in [0.1, 0.15) is 24.8 Å². The fourth-order valence-electron chi connectivity index (χ4n) is 2.02. The summed E-state index contributed by atoms with van der Waals surface area (Å²) in [5, 5.41) is 7.99. The zero-order chi connectivity index (χ0) is 11.7. The average molecular weight is 286 g/mol. The second-order valence-electron chi connectivity index (χ2n) is 4.12. The molecule has 0 amide bonds. The zero-order valence-electron chi connectivity index (χ0n) is 9.60. The van der Waals surface area contributed by atoms with E-state index in [1.807, 2.05) is 24.3 Å². The molecule has 1 atom stereocenters. The van der Waals surface area contributed by atoms with Crippen molar-refractivity contribution in [3.8, 4) is 11.4 Å². The third-order valence-corrected chi connectivity index (χ3v) is 3.12. The van der Waals surface area contributed by atoms with Gasteiger partial charge in [-0.15, -0.1) is 12.4 Å². The maximum atomic E-state index is 5.93. The Morgan fingerprint density at radius 1 is 1.39 bits per heavy atom. The Hall–Kier alpha value is -1.10. The summed E-state index contributed by atoms with van der Waals surface area (Å²) in [5.74, 6) is 1.26. The van der Waals surface area contributed by atoms with E-state index in [1.165, 1.54) is 0 Å². The molecule has 0 spiro atoms. The highest BCUT2D eigenvalue weighted by atomic mass is 35.5. The molecular weight excluding hydrogens is 273 g/mol. The Balaban J connectivity index is 0.00000120. The maximum absolute atomic E-state index is 5.93. The van der Waals surface area contributed by atoms with Crippen LogP contribution in [-0.2, 0) is 0 Å². The number of nitrogens with one attached hydrogen (secondary N) is 1. The Labute approximate surface area is 116 Å². The van der Waals surface area contributed by atoms with Gasteiger partial charge in [0.1, 0.15) is 0 Å². The van der Waals surface area contributed by atoms with Crippen molar-refractivity contribution in [3.63, 3.8) is 0 Å². The van der Waals surface area contributed by atoms with Crippen molar-refractivity contribution in [2.75, 3.05) is 6.54 Å². The lowest BCUT2D eigenvalue weighted by Crippen LogP contribution is -2.12. The standard InChI is InChI=1S/C12H12ClN3O.ClH/c13-9-4-1-3-8(7-9)11-15-12(17-16-11)10-5-2-6-14-10;/h1,3-4,7,10,14H,2,5-6H2;1H/t10-;/m1./s1. The molecule has 3 rings (SSSR count). The number of benzene rings is 1. The predicted molar refractivity (Wildman–Crippen MR) is 72.0 cm³/mol. The molecule has 0 bridgehead atoms. The Bertz CT molecular complexity index is 524. The van der Waals surface area contributed by atoms with Crippen LogP contribution >= 0.6 is 24.0 Å². The second kappa shape index (κ2) is 5.69. The van der Waals surface area contributed by atoms with Gasteiger partial charge in [-0.1, -0.05) is 28.9 Å². The lowest BCUT2D eigenvalue weighted by molar-refractivity contribution is 0.345. The fourth-order valence-corrected chi connectivity index (χ4v) is 2.21. The van der Waals surface area contributed by atoms with Gasteiger partial charge < -0.3 is 9.84 Å². The Kier molecular flexibility index (Phi) is 4.22. The van der Waals surface area contributed by atoms with Crippen LogP contribution in [0.15, 0.2) is 28.8 Å². The minimum atomic E-state index is 0. The molecular formula is C12H13Cl2N3O. The van der Waals surface area contributed by atoms with Crippen molar-refractivity contribution in [1.82, 2.24) is 15.5 Å². The van der Waals surface area contributed by atoms with E-state index in [2.05, 4.69) is 15.5 Å². The van der Waals surface area contributed by atoms with Gasteiger partial charge in [0, 0.05) is 10.6 Å². The first-order valence-electron chi connectivity index (χ1n) is 5.66. The summed E-state index contributed by atoms with van der Waals surface area (Å²) >= 11 is 5.93. The first-order chi connectivity index (χ1) is 8.33. The summed E-state index contributed by atoms with van der Waals surface area (Å²) in [6.45, 7) is 1.01. The first-order valence-corrected chi connectivity index (χ1v) is 6.03. The van der Waals surface area contributed by atoms with E-state index < -0.39 is 0 Å². The Morgan fingerprint density at radius 2 is 2.28 bits per heavy atom. The average Bonchev–Trinajstić information content (AvgIpc) is 3.00. The van der Waals surface area contributed by atoms with Gasteiger partial charge in [-0.05, 0) is 31.5 Å². The predicted octanol–water partition coefficient (Wildman–Crippen LogP) is 3.24. The number of rotatable bonds is 2. The van der Waals surface area contributed by atoms with Gasteiger partial charge in [0.15, 0.2) is 0 Å². The molecule has 1 aromatic heterocycles. The molecule has 1 aliphatic heterocycles. The van der Waals surface area contributed by atoms with Crippen LogP contribution in [0, 0.1) is 0 Å². The van der Waals surface area contributed by atoms with E-state index in [1.54, 1.807) is 0 Å². The molecule has 0 radical (unpaired) electrons. The van der Waals surface area contributed by atoms with Gasteiger partial charge in [0.2, 0.25) is 11.7 Å². The molecule has 1 N–H and O–H groups in total. The van der Waals surface area contributed by atoms with Crippen molar-refractivity contribution in [2.45, 2.75) is 18.9 Å². The smallest absolute Gasteiger partial charge is 0.244 e. The van der Waals surface area contributed by atoms with Crippen LogP contribution in [0.4, 0.5) is 0 Å². The SMILES string of the molecule is Cl.Clc1cccc(-c2noc([C@H]3CCCN3)n2)c1. The van der Waals surface area contributed by atoms with Crippen LogP contribution in [-0.4, -0.2) is 16.7 Å². The van der Waals surface area contributed by atoms with Crippen molar-refractivity contribution in [1.29, 1.82) is 0 Å². The van der Waals surface area contributed by atoms with Gasteiger partial charge in [0.25, 0.3) is 0 Å². The van der Waals surface area contributed by atoms with E-state index in [-0.39, 0.29) is 18.4 Å². The summed E-state index contributed by atoms with van der Waals surface area (Å²) in [4.78, 5) is 4.40. The lowest BCUT2D eigenvalue weighted by Gasteiger charge is -2.01. The summed E-state index contributed by atoms with van der Waals surface area (Å²) in [7, 11) is 0. The van der Waals surface area contributed by atoms with Gasteiger partial charge in [-0.25, -0.2) is 0 Å². The highest BCUT2D eigenvalue weighted by Gasteiger charge is 2.22. The van der Waals surface area contributed by atoms with E-state index >= 15 is 0 Å². The maximum Gasteiger partial charge on any atom is 0.244 e. The number of hydrogen-bond donors (Lipinski definition) is 1. The fraction of sp³-hybridized carbons (Fsp3) is 0.333. The van der Waals surface area contributed by atoms with Crippen molar-refractivity contribution >= 4 is 24.0 Å². The number of nitrogens with zero attached hydrogens (tertiary/aromatic N) is 2. The summed E-state index contributed by atoms with van der Waals surface area (Å²) in [6.07, 6.45) is 2.21. The largest absolute Gasteiger partial charge is 0.337 e. The van der Waals surface area contributed by atoms with Crippen LogP contribution in [0.2, 0.25) is 5.02 Å². The number of hydrogen-bond acceptors (Lipinski definition) is 4. The van der Waals surface area contributed by atoms with E-state index in [0.29, 0.717) is 16.7 Å². The van der Waals surface area contributed by atoms with E-state index in [4.69, 9.17) is 16.1 Å². The van der Waals surface area contributed by atoms with Crippen molar-refractivity contribution < 1.29 is 4.52 Å². The molecule has 4 nitrogen and oxygen atoms in total. The van der Waals surface area contributed by atoms with Crippen LogP contribution in [0.5, 0.6) is 0 Å². The third kappa shape index (κ3) is 2.66. The highest BCUT2D eigenvalue weighted by molar-refractivity contribution is 6.30. The molecule has 0 aliphatic carbocycles. The topological polar surface area (TPSA) is 51.0 Å². The molecule has 96 valence electrons. The minimum absolute atomic E-state index is 0. The molecule has 1 saturated heterocycles. The van der Waals surface area contributed by atoms with E-state index in [0.717, 1.165) is 24.9 Å². The molecule has 1 fully saturated rings. The quantitative estimate of drug-likeness (QED) is 0.920. The van der Waals surface area contributed by atoms with Crippen LogP contribution in [0.25, 0.3) is 11.4 Å². The molecule has 2 heterocycles. The summed E-state index contributed by atoms with van der Waals surface area (Å²) in [6, 6.07) is 7.66. The van der Waals surface area contributed by atoms with E-state index in [9.17, 15) is 0 Å². The highest BCUT2D eigenvalue weighted by Crippen LogP contribution is 2.25. The van der Waals surface area contributed by atoms with Crippen molar-refractivity contribution in [3.05, 3.63) is 35.2 Å². The Morgan fingerprint density at radius 3 is 3.00 bits per heavy atom. The molecule has 0 unspecified atom stereocenters. The molecule has 2 aromatic rings. The van der Waals surface area contributed by atoms with Crippen LogP contribution < -0.4 is 5.32 Å². The molecule has 0 saturated carbocycles. The first kappa shape index (κ1) is 13.3.